The third kappa shape index (κ3) is 4.57. The summed E-state index contributed by atoms with van der Waals surface area (Å²) >= 11 is 1.31. The number of nitro groups is 1. The maximum Gasteiger partial charge on any atom is 0.315 e. The lowest BCUT2D eigenvalue weighted by molar-refractivity contribution is -0.384. The summed E-state index contributed by atoms with van der Waals surface area (Å²) in [5.41, 5.74) is 3.09. The molecule has 1 aromatic heterocycles. The quantitative estimate of drug-likeness (QED) is 0.356. The summed E-state index contributed by atoms with van der Waals surface area (Å²) in [6.45, 7) is 7.85. The molecule has 4 rings (SSSR count). The average Bonchev–Trinajstić information content (AvgIpc) is 3.20. The van der Waals surface area contributed by atoms with Crippen molar-refractivity contribution < 1.29 is 19.2 Å². The van der Waals surface area contributed by atoms with E-state index in [0.717, 1.165) is 49.1 Å². The van der Waals surface area contributed by atoms with Gasteiger partial charge in [0.1, 0.15) is 10.9 Å². The van der Waals surface area contributed by atoms with E-state index in [1.165, 1.54) is 17.6 Å². The Labute approximate surface area is 190 Å². The fourth-order valence-corrected chi connectivity index (χ4v) is 5.26. The summed E-state index contributed by atoms with van der Waals surface area (Å²) in [6.07, 6.45) is 0.710. The highest BCUT2D eigenvalue weighted by molar-refractivity contribution is 7.10. The van der Waals surface area contributed by atoms with E-state index in [2.05, 4.69) is 14.3 Å². The molecule has 2 atom stereocenters. The van der Waals surface area contributed by atoms with E-state index in [-0.39, 0.29) is 18.3 Å². The fraction of sp³-hybridized carbons (Fsp3) is 0.500. The van der Waals surface area contributed by atoms with Gasteiger partial charge in [0.05, 0.1) is 30.4 Å². The molecule has 1 saturated heterocycles. The number of fused-ring (bicyclic) bond motifs is 1. The number of nitro benzene ring substituents is 1. The van der Waals surface area contributed by atoms with Crippen LogP contribution in [0, 0.1) is 16.0 Å². The van der Waals surface area contributed by atoms with Crippen LogP contribution in [0.4, 0.5) is 10.7 Å². The van der Waals surface area contributed by atoms with Crippen LogP contribution in [0.15, 0.2) is 29.3 Å². The van der Waals surface area contributed by atoms with Crippen molar-refractivity contribution >= 4 is 33.9 Å². The molecule has 2 unspecified atom stereocenters. The van der Waals surface area contributed by atoms with E-state index >= 15 is 0 Å². The van der Waals surface area contributed by atoms with Crippen molar-refractivity contribution in [2.45, 2.75) is 26.2 Å². The van der Waals surface area contributed by atoms with Crippen molar-refractivity contribution in [3.05, 3.63) is 51.2 Å². The van der Waals surface area contributed by atoms with E-state index in [4.69, 9.17) is 9.47 Å². The molecule has 0 bridgehead atoms. The molecule has 9 nitrogen and oxygen atoms in total. The molecular weight excluding hydrogens is 432 g/mol. The second kappa shape index (κ2) is 9.85. The van der Waals surface area contributed by atoms with Crippen LogP contribution in [-0.2, 0) is 20.7 Å². The van der Waals surface area contributed by atoms with Crippen LogP contribution in [0.3, 0.4) is 0 Å². The standard InChI is InChI=1S/C22H26N4O5S/c1-3-31-22(27)18-14(2)23-21-20(19(18)15-5-4-6-16(13-15)26(28)29)17(24-32-21)7-8-25-9-11-30-12-10-25/h4-6,13,18-19H,3,7-12H2,1-2H3. The van der Waals surface area contributed by atoms with E-state index in [1.807, 2.05) is 13.0 Å². The topological polar surface area (TPSA) is 107 Å². The molecule has 2 aromatic rings. The predicted octanol–water partition coefficient (Wildman–Crippen LogP) is 3.34. The van der Waals surface area contributed by atoms with Crippen molar-refractivity contribution in [1.29, 1.82) is 0 Å². The minimum atomic E-state index is -0.650. The van der Waals surface area contributed by atoms with Gasteiger partial charge >= 0.3 is 5.97 Å². The number of morpholine rings is 1. The normalized spacial score (nSPS) is 21.0. The van der Waals surface area contributed by atoms with Gasteiger partial charge in [-0.2, -0.15) is 4.37 Å². The lowest BCUT2D eigenvalue weighted by Gasteiger charge is -2.30. The highest BCUT2D eigenvalue weighted by Gasteiger charge is 2.41. The second-order valence-electron chi connectivity index (χ2n) is 7.86. The maximum atomic E-state index is 13.0. The Balaban J connectivity index is 1.74. The maximum absolute atomic E-state index is 13.0. The molecule has 0 amide bonds. The van der Waals surface area contributed by atoms with Gasteiger partial charge < -0.3 is 9.47 Å². The monoisotopic (exact) mass is 458 g/mol. The van der Waals surface area contributed by atoms with Crippen LogP contribution in [-0.4, -0.2) is 65.3 Å². The van der Waals surface area contributed by atoms with Gasteiger partial charge in [-0.3, -0.25) is 19.8 Å². The minimum absolute atomic E-state index is 0.00937. The van der Waals surface area contributed by atoms with Gasteiger partial charge in [0.2, 0.25) is 0 Å². The molecule has 2 aliphatic rings. The van der Waals surface area contributed by atoms with Crippen LogP contribution < -0.4 is 0 Å². The highest BCUT2D eigenvalue weighted by Crippen LogP contribution is 2.47. The van der Waals surface area contributed by atoms with Crippen molar-refractivity contribution in [3.63, 3.8) is 0 Å². The number of hydrogen-bond donors (Lipinski definition) is 0. The van der Waals surface area contributed by atoms with Gasteiger partial charge in [-0.05, 0) is 30.9 Å². The highest BCUT2D eigenvalue weighted by atomic mass is 32.1. The van der Waals surface area contributed by atoms with Gasteiger partial charge in [-0.1, -0.05) is 12.1 Å². The lowest BCUT2D eigenvalue weighted by Crippen LogP contribution is -2.38. The van der Waals surface area contributed by atoms with E-state index < -0.39 is 16.8 Å². The van der Waals surface area contributed by atoms with Crippen molar-refractivity contribution in [2.75, 3.05) is 39.5 Å². The minimum Gasteiger partial charge on any atom is -0.465 e. The lowest BCUT2D eigenvalue weighted by atomic mass is 9.76. The first-order chi connectivity index (χ1) is 15.5. The third-order valence-corrected chi connectivity index (χ3v) is 6.70. The molecule has 10 heteroatoms. The van der Waals surface area contributed by atoms with E-state index in [0.29, 0.717) is 17.7 Å². The van der Waals surface area contributed by atoms with E-state index in [1.54, 1.807) is 19.1 Å². The number of non-ortho nitro benzene ring substituents is 1. The zero-order chi connectivity index (χ0) is 22.7. The van der Waals surface area contributed by atoms with Crippen LogP contribution >= 0.6 is 11.5 Å². The van der Waals surface area contributed by atoms with Crippen LogP contribution in [0.5, 0.6) is 0 Å². The number of nitrogens with zero attached hydrogens (tertiary/aromatic N) is 4. The number of hydrogen-bond acceptors (Lipinski definition) is 9. The molecule has 170 valence electrons. The number of carbonyl (C=O) groups excluding carboxylic acids is 1. The number of esters is 1. The summed E-state index contributed by atoms with van der Waals surface area (Å²) in [7, 11) is 0. The summed E-state index contributed by atoms with van der Waals surface area (Å²) < 4.78 is 15.5. The first kappa shape index (κ1) is 22.5. The molecule has 32 heavy (non-hydrogen) atoms. The SMILES string of the molecule is CCOC(=O)C1C(C)=Nc2snc(CCN3CCOCC3)c2C1c1cccc([N+](=O)[O-])c1. The number of benzene rings is 1. The third-order valence-electron chi connectivity index (χ3n) is 5.91. The zero-order valence-corrected chi connectivity index (χ0v) is 19.0. The molecule has 0 radical (unpaired) electrons. The average molecular weight is 459 g/mol. The van der Waals surface area contributed by atoms with E-state index in [9.17, 15) is 14.9 Å². The largest absolute Gasteiger partial charge is 0.465 e. The molecule has 0 saturated carbocycles. The van der Waals surface area contributed by atoms with Gasteiger partial charge in [-0.15, -0.1) is 0 Å². The van der Waals surface area contributed by atoms with Gasteiger partial charge in [0, 0.05) is 55.4 Å². The number of ether oxygens (including phenoxy) is 2. The Kier molecular flexibility index (Phi) is 6.92. The first-order valence-corrected chi connectivity index (χ1v) is 11.5. The molecule has 1 aromatic carbocycles. The number of aliphatic imine (C=N–C) groups is 1. The van der Waals surface area contributed by atoms with Crippen LogP contribution in [0.2, 0.25) is 0 Å². The Morgan fingerprint density at radius 1 is 1.38 bits per heavy atom. The zero-order valence-electron chi connectivity index (χ0n) is 18.2. The first-order valence-electron chi connectivity index (χ1n) is 10.7. The summed E-state index contributed by atoms with van der Waals surface area (Å²) in [5, 5.41) is 12.2. The van der Waals surface area contributed by atoms with Gasteiger partial charge in [0.25, 0.3) is 5.69 Å². The van der Waals surface area contributed by atoms with Crippen molar-refractivity contribution in [1.82, 2.24) is 9.27 Å². The summed E-state index contributed by atoms with van der Waals surface area (Å²) in [4.78, 5) is 31.0. The molecule has 2 aliphatic heterocycles. The van der Waals surface area contributed by atoms with Crippen LogP contribution in [0.25, 0.3) is 0 Å². The van der Waals surface area contributed by atoms with Gasteiger partial charge in [-0.25, -0.2) is 4.99 Å². The summed E-state index contributed by atoms with van der Waals surface area (Å²) in [6, 6.07) is 6.49. The molecule has 0 N–H and O–H groups in total. The van der Waals surface area contributed by atoms with Crippen LogP contribution in [0.1, 0.15) is 36.6 Å². The molecule has 0 spiro atoms. The van der Waals surface area contributed by atoms with Crippen molar-refractivity contribution in [3.8, 4) is 0 Å². The number of rotatable bonds is 7. The molecular formula is C22H26N4O5S. The number of aromatic nitrogens is 1. The Bertz CT molecular complexity index is 1030. The fourth-order valence-electron chi connectivity index (χ4n) is 4.35. The Hall–Kier alpha value is -2.69. The molecule has 3 heterocycles. The number of carbonyl (C=O) groups is 1. The van der Waals surface area contributed by atoms with Crippen molar-refractivity contribution in [2.24, 2.45) is 10.9 Å². The smallest absolute Gasteiger partial charge is 0.315 e. The second-order valence-corrected chi connectivity index (χ2v) is 8.62. The predicted molar refractivity (Wildman–Crippen MR) is 121 cm³/mol. The summed E-state index contributed by atoms with van der Waals surface area (Å²) in [5.74, 6) is -1.45. The molecule has 0 aliphatic carbocycles. The van der Waals surface area contributed by atoms with Gasteiger partial charge in [0.15, 0.2) is 0 Å². The molecule has 1 fully saturated rings. The Morgan fingerprint density at radius 3 is 2.88 bits per heavy atom. The Morgan fingerprint density at radius 2 is 2.16 bits per heavy atom.